The third-order valence-electron chi connectivity index (χ3n) is 10.5. The van der Waals surface area contributed by atoms with Crippen LogP contribution in [-0.2, 0) is 23.2 Å². The summed E-state index contributed by atoms with van der Waals surface area (Å²) in [6, 6.07) is 7.61. The van der Waals surface area contributed by atoms with Crippen molar-refractivity contribution in [3.8, 4) is 16.9 Å². The van der Waals surface area contributed by atoms with Gasteiger partial charge in [0.05, 0.1) is 19.0 Å². The summed E-state index contributed by atoms with van der Waals surface area (Å²) in [7, 11) is 3.47. The normalized spacial score (nSPS) is 19.9. The molecule has 3 fully saturated rings. The maximum atomic E-state index is 12.4. The Balaban J connectivity index is 1.00. The van der Waals surface area contributed by atoms with Crippen LogP contribution in [0.5, 0.6) is 5.75 Å². The van der Waals surface area contributed by atoms with Crippen molar-refractivity contribution < 1.29 is 14.3 Å². The molecule has 2 amide bonds. The van der Waals surface area contributed by atoms with Crippen LogP contribution in [0.2, 0.25) is 5.02 Å². The second-order valence-corrected chi connectivity index (χ2v) is 13.7. The van der Waals surface area contributed by atoms with Gasteiger partial charge in [-0.2, -0.15) is 0 Å². The molecule has 3 aliphatic rings. The first-order chi connectivity index (χ1) is 22.6. The number of rotatable bonds is 8. The number of pyridine rings is 2. The summed E-state index contributed by atoms with van der Waals surface area (Å²) < 4.78 is 7.47. The van der Waals surface area contributed by atoms with Gasteiger partial charge in [0.25, 0.3) is 5.56 Å². The molecule has 0 spiro atoms. The van der Waals surface area contributed by atoms with Crippen LogP contribution in [0.1, 0.15) is 55.2 Å². The van der Waals surface area contributed by atoms with Crippen molar-refractivity contribution in [3.63, 3.8) is 0 Å². The number of hydrogen-bond acceptors (Lipinski definition) is 8. The number of imide groups is 1. The van der Waals surface area contributed by atoms with E-state index in [1.807, 2.05) is 44.4 Å². The molecule has 0 saturated carbocycles. The largest absolute Gasteiger partial charge is 0.496 e. The van der Waals surface area contributed by atoms with E-state index in [-0.39, 0.29) is 17.4 Å². The lowest BCUT2D eigenvalue weighted by molar-refractivity contribution is -0.133. The molecule has 3 aromatic rings. The average molecular weight is 661 g/mol. The fourth-order valence-electron chi connectivity index (χ4n) is 7.47. The Bertz CT molecular complexity index is 1690. The van der Waals surface area contributed by atoms with E-state index in [9.17, 15) is 14.4 Å². The fourth-order valence-corrected chi connectivity index (χ4v) is 7.74. The molecule has 3 aliphatic heterocycles. The number of methoxy groups -OCH3 is 1. The molecule has 1 aromatic carbocycles. The highest BCUT2D eigenvalue weighted by Crippen LogP contribution is 2.38. The van der Waals surface area contributed by atoms with E-state index in [4.69, 9.17) is 16.3 Å². The van der Waals surface area contributed by atoms with Crippen molar-refractivity contribution in [2.45, 2.75) is 65.0 Å². The molecular formula is C36H45ClN6O4. The second kappa shape index (κ2) is 14.1. The first-order valence-corrected chi connectivity index (χ1v) is 17.1. The number of anilines is 2. The summed E-state index contributed by atoms with van der Waals surface area (Å²) in [4.78, 5) is 45.3. The third kappa shape index (κ3) is 7.18. The van der Waals surface area contributed by atoms with E-state index in [1.54, 1.807) is 18.7 Å². The van der Waals surface area contributed by atoms with Crippen molar-refractivity contribution in [3.05, 3.63) is 68.7 Å². The van der Waals surface area contributed by atoms with Crippen LogP contribution >= 0.6 is 11.6 Å². The minimum atomic E-state index is -0.431. The lowest BCUT2D eigenvalue weighted by atomic mass is 9.78. The van der Waals surface area contributed by atoms with Gasteiger partial charge in [0, 0.05) is 61.0 Å². The number of hydrogen-bond donors (Lipinski definition) is 2. The van der Waals surface area contributed by atoms with Gasteiger partial charge in [-0.3, -0.25) is 24.6 Å². The van der Waals surface area contributed by atoms with Gasteiger partial charge in [0.1, 0.15) is 17.6 Å². The summed E-state index contributed by atoms with van der Waals surface area (Å²) in [6.07, 6.45) is 9.28. The van der Waals surface area contributed by atoms with Gasteiger partial charge in [-0.1, -0.05) is 11.6 Å². The van der Waals surface area contributed by atoms with Crippen molar-refractivity contribution in [2.24, 2.45) is 18.9 Å². The Labute approximate surface area is 281 Å². The lowest BCUT2D eigenvalue weighted by Gasteiger charge is -2.41. The number of benzene rings is 1. The number of aromatic nitrogens is 2. The Morgan fingerprint density at radius 3 is 2.32 bits per heavy atom. The standard InChI is InChI=1S/C36H45ClN6O4/c1-22-23(2)36(46)41(3)20-28(22)26-17-30(37)29(32(18-26)47-4)21-42-13-9-24(10-14-42)25-11-15-43(16-12-25)27-5-7-33(38-19-27)39-31-6-8-34(44)40-35(31)45/h5,7,17-20,24-25,31H,6,8-16,21H2,1-4H3,(H,38,39)(H,40,44,45). The van der Waals surface area contributed by atoms with Gasteiger partial charge in [0.2, 0.25) is 11.8 Å². The highest BCUT2D eigenvalue weighted by atomic mass is 35.5. The number of likely N-dealkylation sites (tertiary alicyclic amines) is 1. The molecule has 2 aromatic heterocycles. The molecule has 5 heterocycles. The minimum Gasteiger partial charge on any atom is -0.496 e. The summed E-state index contributed by atoms with van der Waals surface area (Å²) >= 11 is 6.91. The van der Waals surface area contributed by atoms with E-state index >= 15 is 0 Å². The van der Waals surface area contributed by atoms with Crippen molar-refractivity contribution in [2.75, 3.05) is 43.5 Å². The first kappa shape index (κ1) is 33.0. The number of carbonyl (C=O) groups excluding carboxylic acids is 2. The number of carbonyl (C=O) groups is 2. The van der Waals surface area contributed by atoms with Crippen LogP contribution < -0.4 is 25.8 Å². The van der Waals surface area contributed by atoms with Gasteiger partial charge in [-0.05, 0) is 106 Å². The first-order valence-electron chi connectivity index (χ1n) is 16.7. The number of piperidine rings is 3. The quantitative estimate of drug-likeness (QED) is 0.323. The van der Waals surface area contributed by atoms with E-state index < -0.39 is 6.04 Å². The number of nitrogens with one attached hydrogen (secondary N) is 2. The minimum absolute atomic E-state index is 0.0139. The lowest BCUT2D eigenvalue weighted by Crippen LogP contribution is -2.47. The maximum Gasteiger partial charge on any atom is 0.253 e. The van der Waals surface area contributed by atoms with Crippen molar-refractivity contribution in [1.29, 1.82) is 0 Å². The molecule has 11 heteroatoms. The summed E-state index contributed by atoms with van der Waals surface area (Å²) in [5.74, 6) is 2.37. The van der Waals surface area contributed by atoms with Gasteiger partial charge >= 0.3 is 0 Å². The smallest absolute Gasteiger partial charge is 0.253 e. The molecule has 250 valence electrons. The SMILES string of the molecule is COc1cc(-c2cn(C)c(=O)c(C)c2C)cc(Cl)c1CN1CCC(C2CCN(c3ccc(NC4CCC(=O)NC4=O)nc3)CC2)CC1. The molecule has 47 heavy (non-hydrogen) atoms. The molecule has 10 nitrogen and oxygen atoms in total. The zero-order chi connectivity index (χ0) is 33.2. The number of amides is 2. The maximum absolute atomic E-state index is 12.4. The molecule has 0 radical (unpaired) electrons. The summed E-state index contributed by atoms with van der Waals surface area (Å²) in [5, 5.41) is 6.22. The number of nitrogens with zero attached hydrogens (tertiary/aromatic N) is 4. The second-order valence-electron chi connectivity index (χ2n) is 13.3. The monoisotopic (exact) mass is 660 g/mol. The molecule has 0 aliphatic carbocycles. The summed E-state index contributed by atoms with van der Waals surface area (Å²) in [5.41, 5.74) is 5.76. The zero-order valence-electron chi connectivity index (χ0n) is 27.8. The van der Waals surface area contributed by atoms with E-state index in [0.29, 0.717) is 23.7 Å². The van der Waals surface area contributed by atoms with Crippen LogP contribution in [0.15, 0.2) is 41.5 Å². The molecule has 3 saturated heterocycles. The number of ether oxygens (including phenoxy) is 1. The van der Waals surface area contributed by atoms with E-state index in [1.165, 1.54) is 25.7 Å². The van der Waals surface area contributed by atoms with Crippen LogP contribution in [0.4, 0.5) is 11.5 Å². The third-order valence-corrected chi connectivity index (χ3v) is 10.8. The molecule has 1 atom stereocenters. The van der Waals surface area contributed by atoms with Gasteiger partial charge in [-0.15, -0.1) is 0 Å². The average Bonchev–Trinajstić information content (AvgIpc) is 3.08. The highest BCUT2D eigenvalue weighted by molar-refractivity contribution is 6.32. The van der Waals surface area contributed by atoms with Gasteiger partial charge in [0.15, 0.2) is 0 Å². The highest BCUT2D eigenvalue weighted by Gasteiger charge is 2.31. The number of aryl methyl sites for hydroxylation is 1. The Morgan fingerprint density at radius 1 is 0.979 bits per heavy atom. The molecular weight excluding hydrogens is 616 g/mol. The molecule has 2 N–H and O–H groups in total. The van der Waals surface area contributed by atoms with Crippen LogP contribution in [-0.4, -0.2) is 65.6 Å². The predicted octanol–water partition coefficient (Wildman–Crippen LogP) is 5.07. The van der Waals surface area contributed by atoms with Crippen LogP contribution in [0, 0.1) is 25.7 Å². The molecule has 6 rings (SSSR count). The predicted molar refractivity (Wildman–Crippen MR) is 185 cm³/mol. The molecule has 1 unspecified atom stereocenters. The summed E-state index contributed by atoms with van der Waals surface area (Å²) in [6.45, 7) is 8.70. The van der Waals surface area contributed by atoms with Gasteiger partial charge < -0.3 is 19.5 Å². The van der Waals surface area contributed by atoms with E-state index in [0.717, 1.165) is 83.8 Å². The Morgan fingerprint density at radius 2 is 1.68 bits per heavy atom. The van der Waals surface area contributed by atoms with Crippen molar-refractivity contribution in [1.82, 2.24) is 19.8 Å². The fraction of sp³-hybridized carbons (Fsp3) is 0.500. The number of halogens is 1. The van der Waals surface area contributed by atoms with Crippen LogP contribution in [0.3, 0.4) is 0 Å². The van der Waals surface area contributed by atoms with Crippen LogP contribution in [0.25, 0.3) is 11.1 Å². The zero-order valence-corrected chi connectivity index (χ0v) is 28.5. The van der Waals surface area contributed by atoms with E-state index in [2.05, 4.69) is 31.5 Å². The van der Waals surface area contributed by atoms with Gasteiger partial charge in [-0.25, -0.2) is 4.98 Å². The molecule has 0 bridgehead atoms. The Kier molecular flexibility index (Phi) is 9.89. The Hall–Kier alpha value is -3.89. The topological polar surface area (TPSA) is 109 Å². The van der Waals surface area contributed by atoms with Crippen molar-refractivity contribution >= 4 is 34.9 Å².